The van der Waals surface area contributed by atoms with E-state index in [1.54, 1.807) is 6.07 Å². The van der Waals surface area contributed by atoms with Crippen LogP contribution in [0.15, 0.2) is 59.8 Å². The van der Waals surface area contributed by atoms with E-state index in [2.05, 4.69) is 44.8 Å². The Labute approximate surface area is 171 Å². The van der Waals surface area contributed by atoms with E-state index < -0.39 is 0 Å². The fraction of sp³-hybridized carbons (Fsp3) is 0.136. The number of anilines is 1. The van der Waals surface area contributed by atoms with Crippen LogP contribution >= 0.6 is 11.8 Å². The number of aryl methyl sites for hydroxylation is 1. The standard InChI is InChI=1S/C22H17N5OS/c1-13-5-2-10-17(23-13)24-18(28)11-12-29-22-25-20-15-8-3-6-14-7-4-9-16(19(14)15)21(20)26-27-22/h2-10H,11-12H2,1H3,(H,23,24,28). The SMILES string of the molecule is Cc1cccc(NC(=O)CCSc2nnc3c(n2)-c2cccc4cccc-3c24)n1. The zero-order chi connectivity index (χ0) is 19.8. The lowest BCUT2D eigenvalue weighted by Gasteiger charge is -2.05. The van der Waals surface area contributed by atoms with Gasteiger partial charge in [0.1, 0.15) is 17.2 Å². The first-order chi connectivity index (χ1) is 14.2. The number of fused-ring (bicyclic) bond motifs is 3. The summed E-state index contributed by atoms with van der Waals surface area (Å²) in [6, 6.07) is 17.9. The molecule has 0 radical (unpaired) electrons. The number of carbonyl (C=O) groups is 1. The first kappa shape index (κ1) is 17.8. The van der Waals surface area contributed by atoms with Gasteiger partial charge >= 0.3 is 0 Å². The molecule has 142 valence electrons. The Bertz CT molecular complexity index is 1250. The van der Waals surface area contributed by atoms with Gasteiger partial charge in [0.2, 0.25) is 11.1 Å². The van der Waals surface area contributed by atoms with Crippen LogP contribution in [0.5, 0.6) is 0 Å². The Morgan fingerprint density at radius 3 is 2.48 bits per heavy atom. The summed E-state index contributed by atoms with van der Waals surface area (Å²) in [6.07, 6.45) is 0.344. The highest BCUT2D eigenvalue weighted by Crippen LogP contribution is 2.44. The second kappa shape index (κ2) is 7.25. The Morgan fingerprint density at radius 1 is 0.931 bits per heavy atom. The van der Waals surface area contributed by atoms with Crippen LogP contribution in [0.4, 0.5) is 5.82 Å². The van der Waals surface area contributed by atoms with Gasteiger partial charge in [0.05, 0.1) is 0 Å². The molecule has 1 N–H and O–H groups in total. The summed E-state index contributed by atoms with van der Waals surface area (Å²) in [5, 5.41) is 14.5. The molecule has 1 aliphatic carbocycles. The van der Waals surface area contributed by atoms with E-state index in [1.807, 2.05) is 31.2 Å². The second-order valence-corrected chi connectivity index (χ2v) is 7.87. The van der Waals surface area contributed by atoms with Gasteiger partial charge in [0.25, 0.3) is 0 Å². The predicted molar refractivity (Wildman–Crippen MR) is 115 cm³/mol. The van der Waals surface area contributed by atoms with E-state index in [4.69, 9.17) is 4.98 Å². The number of hydrogen-bond acceptors (Lipinski definition) is 6. The van der Waals surface area contributed by atoms with Gasteiger partial charge in [0.15, 0.2) is 0 Å². The Hall–Kier alpha value is -3.32. The number of thioether (sulfide) groups is 1. The van der Waals surface area contributed by atoms with Crippen molar-refractivity contribution in [3.05, 3.63) is 60.3 Å². The lowest BCUT2D eigenvalue weighted by molar-refractivity contribution is -0.115. The molecule has 1 aliphatic rings. The molecule has 6 nitrogen and oxygen atoms in total. The van der Waals surface area contributed by atoms with E-state index >= 15 is 0 Å². The number of nitrogens with one attached hydrogen (secondary N) is 1. The van der Waals surface area contributed by atoms with Crippen molar-refractivity contribution in [2.45, 2.75) is 18.5 Å². The monoisotopic (exact) mass is 399 g/mol. The lowest BCUT2D eigenvalue weighted by Crippen LogP contribution is -2.13. The van der Waals surface area contributed by atoms with Gasteiger partial charge < -0.3 is 5.32 Å². The van der Waals surface area contributed by atoms with Crippen molar-refractivity contribution in [2.75, 3.05) is 11.1 Å². The van der Waals surface area contributed by atoms with Gasteiger partial charge in [-0.3, -0.25) is 4.79 Å². The smallest absolute Gasteiger partial charge is 0.226 e. The normalized spacial score (nSPS) is 11.5. The fourth-order valence-corrected chi connectivity index (χ4v) is 4.25. The molecule has 0 unspecified atom stereocenters. The minimum atomic E-state index is -0.0816. The van der Waals surface area contributed by atoms with Crippen molar-refractivity contribution in [3.8, 4) is 22.5 Å². The Kier molecular flexibility index (Phi) is 4.44. The summed E-state index contributed by atoms with van der Waals surface area (Å²) in [6.45, 7) is 1.89. The molecule has 7 heteroatoms. The van der Waals surface area contributed by atoms with Crippen molar-refractivity contribution in [3.63, 3.8) is 0 Å². The molecule has 0 fully saturated rings. The van der Waals surface area contributed by atoms with Gasteiger partial charge in [-0.15, -0.1) is 10.2 Å². The van der Waals surface area contributed by atoms with Crippen LogP contribution in [0.1, 0.15) is 12.1 Å². The molecule has 2 heterocycles. The lowest BCUT2D eigenvalue weighted by atomic mass is 10.0. The summed E-state index contributed by atoms with van der Waals surface area (Å²) < 4.78 is 0. The predicted octanol–water partition coefficient (Wildman–Crippen LogP) is 4.50. The first-order valence-electron chi connectivity index (χ1n) is 9.32. The number of aromatic nitrogens is 4. The molecule has 2 aromatic heterocycles. The van der Waals surface area contributed by atoms with Gasteiger partial charge in [0, 0.05) is 34.4 Å². The molecule has 0 saturated carbocycles. The molecule has 0 atom stereocenters. The van der Waals surface area contributed by atoms with Crippen LogP contribution in [0, 0.1) is 6.92 Å². The molecular formula is C22H17N5OS. The average Bonchev–Trinajstić information content (AvgIpc) is 3.04. The molecule has 29 heavy (non-hydrogen) atoms. The van der Waals surface area contributed by atoms with Gasteiger partial charge in [-0.2, -0.15) is 0 Å². The van der Waals surface area contributed by atoms with Gasteiger partial charge in [-0.1, -0.05) is 54.2 Å². The summed E-state index contributed by atoms with van der Waals surface area (Å²) in [7, 11) is 0. The Balaban J connectivity index is 1.29. The first-order valence-corrected chi connectivity index (χ1v) is 10.3. The van der Waals surface area contributed by atoms with Crippen molar-refractivity contribution >= 4 is 34.3 Å². The number of carbonyl (C=O) groups excluding carboxylic acids is 1. The van der Waals surface area contributed by atoms with Crippen LogP contribution in [0.3, 0.4) is 0 Å². The fourth-order valence-electron chi connectivity index (χ4n) is 3.53. The van der Waals surface area contributed by atoms with Crippen molar-refractivity contribution in [2.24, 2.45) is 0 Å². The number of hydrogen-bond donors (Lipinski definition) is 1. The third-order valence-corrected chi connectivity index (χ3v) is 5.64. The third kappa shape index (κ3) is 3.34. The van der Waals surface area contributed by atoms with Crippen molar-refractivity contribution in [1.29, 1.82) is 0 Å². The number of benzene rings is 2. The molecule has 5 rings (SSSR count). The van der Waals surface area contributed by atoms with Crippen LogP contribution in [0.2, 0.25) is 0 Å². The quantitative estimate of drug-likeness (QED) is 0.438. The summed E-state index contributed by atoms with van der Waals surface area (Å²) in [5.74, 6) is 1.05. The van der Waals surface area contributed by atoms with Gasteiger partial charge in [-0.05, 0) is 24.4 Å². The largest absolute Gasteiger partial charge is 0.311 e. The molecule has 0 spiro atoms. The minimum Gasteiger partial charge on any atom is -0.311 e. The topological polar surface area (TPSA) is 80.7 Å². The average molecular weight is 399 g/mol. The Morgan fingerprint density at radius 2 is 1.69 bits per heavy atom. The maximum atomic E-state index is 12.2. The summed E-state index contributed by atoms with van der Waals surface area (Å²) in [5.41, 5.74) is 4.72. The van der Waals surface area contributed by atoms with Crippen molar-refractivity contribution in [1.82, 2.24) is 20.2 Å². The van der Waals surface area contributed by atoms with E-state index in [1.165, 1.54) is 22.5 Å². The molecule has 0 aliphatic heterocycles. The second-order valence-electron chi connectivity index (χ2n) is 6.81. The van der Waals surface area contributed by atoms with E-state index in [9.17, 15) is 4.79 Å². The highest BCUT2D eigenvalue weighted by Gasteiger charge is 2.24. The van der Waals surface area contributed by atoms with Crippen LogP contribution in [0.25, 0.3) is 33.3 Å². The zero-order valence-corrected chi connectivity index (χ0v) is 16.5. The summed E-state index contributed by atoms with van der Waals surface area (Å²) in [4.78, 5) is 21.2. The highest BCUT2D eigenvalue weighted by molar-refractivity contribution is 7.99. The van der Waals surface area contributed by atoms with Crippen LogP contribution in [-0.2, 0) is 4.79 Å². The number of nitrogens with zero attached hydrogens (tertiary/aromatic N) is 4. The van der Waals surface area contributed by atoms with Crippen LogP contribution < -0.4 is 5.32 Å². The molecule has 4 aromatic rings. The minimum absolute atomic E-state index is 0.0816. The number of rotatable bonds is 5. The molecule has 0 bridgehead atoms. The molecular weight excluding hydrogens is 382 g/mol. The molecule has 0 saturated heterocycles. The molecule has 1 amide bonds. The van der Waals surface area contributed by atoms with E-state index in [0.29, 0.717) is 23.1 Å². The number of amides is 1. The maximum Gasteiger partial charge on any atom is 0.226 e. The highest BCUT2D eigenvalue weighted by atomic mass is 32.2. The number of pyridine rings is 1. The maximum absolute atomic E-state index is 12.2. The van der Waals surface area contributed by atoms with Crippen LogP contribution in [-0.4, -0.2) is 31.8 Å². The van der Waals surface area contributed by atoms with E-state index in [-0.39, 0.29) is 5.91 Å². The summed E-state index contributed by atoms with van der Waals surface area (Å²) >= 11 is 1.43. The van der Waals surface area contributed by atoms with E-state index in [0.717, 1.165) is 28.2 Å². The van der Waals surface area contributed by atoms with Gasteiger partial charge in [-0.25, -0.2) is 9.97 Å². The third-order valence-electron chi connectivity index (χ3n) is 4.80. The zero-order valence-electron chi connectivity index (χ0n) is 15.7. The van der Waals surface area contributed by atoms with Crippen molar-refractivity contribution < 1.29 is 4.79 Å². The molecule has 2 aromatic carbocycles.